The molecule has 6 atom stereocenters. The summed E-state index contributed by atoms with van der Waals surface area (Å²) in [4.78, 5) is 35.4. The largest absolute Gasteiger partial charge is 0.464 e. The van der Waals surface area contributed by atoms with E-state index in [-0.39, 0.29) is 24.0 Å². The van der Waals surface area contributed by atoms with E-state index in [0.29, 0.717) is 91.3 Å². The molecule has 0 amide bonds. The van der Waals surface area contributed by atoms with Crippen LogP contribution in [0.5, 0.6) is 0 Å². The summed E-state index contributed by atoms with van der Waals surface area (Å²) >= 11 is 0. The van der Waals surface area contributed by atoms with Gasteiger partial charge in [-0.1, -0.05) is 336 Å². The quantitative estimate of drug-likeness (QED) is 0.0340. The molecule has 1 heterocycles. The second-order valence-corrected chi connectivity index (χ2v) is 30.2. The Bertz CT molecular complexity index is 1400. The normalized spacial score (nSPS) is 16.2. The highest BCUT2D eigenvalue weighted by atomic mass is 16.5. The molecule has 0 aliphatic carbocycles. The molecular formula is C82H164N4O8. The van der Waals surface area contributed by atoms with Crippen LogP contribution in [-0.2, 0) is 19.1 Å². The number of carbonyl (C=O) groups excluding carboxylic acids is 2. The number of carbonyl (C=O) groups is 2. The molecule has 0 saturated carbocycles. The van der Waals surface area contributed by atoms with E-state index < -0.39 is 24.4 Å². The second-order valence-electron chi connectivity index (χ2n) is 30.2. The van der Waals surface area contributed by atoms with Crippen molar-refractivity contribution in [3.05, 3.63) is 0 Å². The van der Waals surface area contributed by atoms with Crippen molar-refractivity contribution in [2.24, 2.45) is 0 Å². The lowest BCUT2D eigenvalue weighted by Gasteiger charge is -2.44. The molecule has 0 bridgehead atoms. The van der Waals surface area contributed by atoms with Gasteiger partial charge in [-0.05, 0) is 65.5 Å². The van der Waals surface area contributed by atoms with Crippen LogP contribution < -0.4 is 0 Å². The van der Waals surface area contributed by atoms with Crippen molar-refractivity contribution in [1.82, 2.24) is 19.6 Å². The van der Waals surface area contributed by atoms with E-state index in [1.165, 1.54) is 257 Å². The van der Waals surface area contributed by atoms with Crippen LogP contribution in [0, 0.1) is 0 Å². The van der Waals surface area contributed by atoms with Crippen molar-refractivity contribution >= 4 is 11.9 Å². The maximum atomic E-state index is 13.1. The first-order chi connectivity index (χ1) is 45.9. The molecule has 0 aromatic heterocycles. The minimum absolute atomic E-state index is 0.187. The Hall–Kier alpha value is -1.38. The first-order valence-electron chi connectivity index (χ1n) is 41.9. The number of hydrogen-bond acceptors (Lipinski definition) is 12. The maximum absolute atomic E-state index is 13.1. The van der Waals surface area contributed by atoms with Crippen LogP contribution in [0.4, 0.5) is 0 Å². The zero-order valence-electron chi connectivity index (χ0n) is 63.8. The Morgan fingerprint density at radius 2 is 0.511 bits per heavy atom. The number of aliphatic hydroxyl groups excluding tert-OH is 4. The number of esters is 2. The Morgan fingerprint density at radius 1 is 0.319 bits per heavy atom. The molecule has 94 heavy (non-hydrogen) atoms. The standard InChI is InChI=1S/C82H164N4O8/c1-7-11-15-19-23-27-31-35-39-43-47-51-57-77(87)71-83(72-78(88)58-52-48-44-40-36-32-28-24-20-16-12-8-2)63-55-61-81(91)93-67-65-85-69-76(6)86(70-75(85)5)66-68-94-82(92)62-56-64-84(73-79(89)59-53-49-45-41-37-33-29-25-21-17-13-9-3)74-80(90)60-54-50-46-42-38-34-30-26-22-18-14-10-4/h75-80,87-90H,7-74H2,1-6H3. The van der Waals surface area contributed by atoms with Crippen LogP contribution in [0.15, 0.2) is 0 Å². The first-order valence-corrected chi connectivity index (χ1v) is 41.9. The van der Waals surface area contributed by atoms with Crippen LogP contribution in [0.3, 0.4) is 0 Å². The Balaban J connectivity index is 2.55. The highest BCUT2D eigenvalue weighted by molar-refractivity contribution is 5.69. The van der Waals surface area contributed by atoms with Crippen LogP contribution in [0.25, 0.3) is 0 Å². The zero-order valence-corrected chi connectivity index (χ0v) is 63.8. The van der Waals surface area contributed by atoms with Gasteiger partial charge in [-0.2, -0.15) is 0 Å². The molecule has 1 aliphatic heterocycles. The third-order valence-corrected chi connectivity index (χ3v) is 20.7. The highest BCUT2D eigenvalue weighted by Crippen LogP contribution is 2.21. The summed E-state index contributed by atoms with van der Waals surface area (Å²) < 4.78 is 11.6. The smallest absolute Gasteiger partial charge is 0.305 e. The van der Waals surface area contributed by atoms with E-state index in [0.717, 1.165) is 90.1 Å². The molecule has 0 aromatic rings. The Morgan fingerprint density at radius 3 is 0.713 bits per heavy atom. The molecule has 12 nitrogen and oxygen atoms in total. The van der Waals surface area contributed by atoms with Gasteiger partial charge >= 0.3 is 11.9 Å². The number of nitrogens with zero attached hydrogens (tertiary/aromatic N) is 4. The topological polar surface area (TPSA) is 146 Å². The molecular weight excluding hydrogens is 1170 g/mol. The fourth-order valence-electron chi connectivity index (χ4n) is 14.4. The number of rotatable bonds is 74. The average molecular weight is 1330 g/mol. The van der Waals surface area contributed by atoms with Gasteiger partial charge in [0.15, 0.2) is 0 Å². The molecule has 0 radical (unpaired) electrons. The predicted molar refractivity (Wildman–Crippen MR) is 402 cm³/mol. The maximum Gasteiger partial charge on any atom is 0.305 e. The Kier molecular flexibility index (Phi) is 66.3. The Labute approximate surface area is 584 Å². The SMILES string of the molecule is CCCCCCCCCCCCCCC(O)CN(CCCC(=O)OCCN1CC(C)N(CCOC(=O)CCCN(CC(O)CCCCCCCCCCCCCC)CC(O)CCCCCCCCCCCCCC)CC1C)CC(O)CCCCCCCCCCCCCC. The summed E-state index contributed by atoms with van der Waals surface area (Å²) in [5.41, 5.74) is 0. The molecule has 6 unspecified atom stereocenters. The lowest BCUT2D eigenvalue weighted by atomic mass is 10.0. The number of hydrogen-bond donors (Lipinski definition) is 4. The third-order valence-electron chi connectivity index (χ3n) is 20.7. The summed E-state index contributed by atoms with van der Waals surface area (Å²) in [6.45, 7) is 20.7. The van der Waals surface area contributed by atoms with E-state index >= 15 is 0 Å². The van der Waals surface area contributed by atoms with Gasteiger partial charge in [0.05, 0.1) is 24.4 Å². The van der Waals surface area contributed by atoms with Gasteiger partial charge < -0.3 is 29.9 Å². The van der Waals surface area contributed by atoms with Gasteiger partial charge in [0.2, 0.25) is 0 Å². The van der Waals surface area contributed by atoms with E-state index in [9.17, 15) is 30.0 Å². The summed E-state index contributed by atoms with van der Waals surface area (Å²) in [5, 5.41) is 44.8. The van der Waals surface area contributed by atoms with Crippen molar-refractivity contribution in [2.75, 3.05) is 78.7 Å². The van der Waals surface area contributed by atoms with Crippen molar-refractivity contribution in [3.63, 3.8) is 0 Å². The molecule has 0 aromatic carbocycles. The molecule has 560 valence electrons. The molecule has 0 spiro atoms. The van der Waals surface area contributed by atoms with Crippen LogP contribution in [0.2, 0.25) is 0 Å². The van der Waals surface area contributed by atoms with Gasteiger partial charge in [0.1, 0.15) is 13.2 Å². The number of unbranched alkanes of at least 4 members (excludes halogenated alkanes) is 44. The molecule has 1 saturated heterocycles. The van der Waals surface area contributed by atoms with E-state index in [1.54, 1.807) is 0 Å². The van der Waals surface area contributed by atoms with Gasteiger partial charge in [0, 0.05) is 77.3 Å². The number of aliphatic hydroxyl groups is 4. The van der Waals surface area contributed by atoms with Crippen LogP contribution in [0.1, 0.15) is 401 Å². The summed E-state index contributed by atoms with van der Waals surface area (Å²) in [6, 6.07) is 0.524. The first kappa shape index (κ1) is 90.6. The van der Waals surface area contributed by atoms with Gasteiger partial charge in [-0.3, -0.25) is 29.2 Å². The minimum atomic E-state index is -0.434. The van der Waals surface area contributed by atoms with Crippen LogP contribution >= 0.6 is 0 Å². The van der Waals surface area contributed by atoms with Crippen molar-refractivity contribution in [1.29, 1.82) is 0 Å². The monoisotopic (exact) mass is 1330 g/mol. The summed E-state index contributed by atoms with van der Waals surface area (Å²) in [7, 11) is 0. The van der Waals surface area contributed by atoms with Crippen molar-refractivity contribution < 1.29 is 39.5 Å². The zero-order chi connectivity index (χ0) is 68.4. The summed E-state index contributed by atoms with van der Waals surface area (Å²) in [6.07, 6.45) is 65.6. The molecule has 1 rings (SSSR count). The number of piperazine rings is 1. The third kappa shape index (κ3) is 59.5. The lowest BCUT2D eigenvalue weighted by Crippen LogP contribution is -2.57. The molecule has 1 fully saturated rings. The number of ether oxygens (including phenoxy) is 2. The minimum Gasteiger partial charge on any atom is -0.464 e. The summed E-state index contributed by atoms with van der Waals surface area (Å²) in [5.74, 6) is -0.374. The van der Waals surface area contributed by atoms with Crippen molar-refractivity contribution in [3.8, 4) is 0 Å². The van der Waals surface area contributed by atoms with E-state index in [4.69, 9.17) is 9.47 Å². The van der Waals surface area contributed by atoms with Gasteiger partial charge in [0.25, 0.3) is 0 Å². The highest BCUT2D eigenvalue weighted by Gasteiger charge is 2.29. The second kappa shape index (κ2) is 68.7. The van der Waals surface area contributed by atoms with Crippen molar-refractivity contribution in [2.45, 2.75) is 438 Å². The molecule has 12 heteroatoms. The lowest BCUT2D eigenvalue weighted by molar-refractivity contribution is -0.146. The average Bonchev–Trinajstić information content (AvgIpc) is 0.953. The van der Waals surface area contributed by atoms with E-state index in [2.05, 4.69) is 61.1 Å². The van der Waals surface area contributed by atoms with Gasteiger partial charge in [-0.15, -0.1) is 0 Å². The molecule has 4 N–H and O–H groups in total. The predicted octanol–water partition coefficient (Wildman–Crippen LogP) is 20.4. The van der Waals surface area contributed by atoms with E-state index in [1.807, 2.05) is 0 Å². The van der Waals surface area contributed by atoms with Gasteiger partial charge in [-0.25, -0.2) is 0 Å². The van der Waals surface area contributed by atoms with Crippen LogP contribution in [-0.4, -0.2) is 167 Å². The molecule has 1 aliphatic rings. The fraction of sp³-hybridized carbons (Fsp3) is 0.976. The fourth-order valence-corrected chi connectivity index (χ4v) is 14.4.